The summed E-state index contributed by atoms with van der Waals surface area (Å²) in [7, 11) is -5.42. The van der Waals surface area contributed by atoms with Gasteiger partial charge in [0.15, 0.2) is 14.6 Å². The lowest BCUT2D eigenvalue weighted by Crippen LogP contribution is -2.52. The molecule has 0 aliphatic rings. The lowest BCUT2D eigenvalue weighted by Gasteiger charge is -2.35. The molecular formula is C26H30N2O3S3. The van der Waals surface area contributed by atoms with E-state index in [1.54, 1.807) is 25.2 Å². The predicted octanol–water partition coefficient (Wildman–Crippen LogP) is 5.41. The number of thiophene rings is 1. The van der Waals surface area contributed by atoms with Gasteiger partial charge in [0, 0.05) is 25.7 Å². The standard InChI is InChI=1S/C26H30N2O3S3/c1-8-9-18-10-12-22-20(14-18)21-15-19(11-13-23(21)32-22)26(7,28-33(29)24(2,3)4)17-34(30,31)25(5,6)16-27/h10-15,28H,17H2,1-7H3/t26-,33+/m0/s1. The van der Waals surface area contributed by atoms with E-state index in [0.717, 1.165) is 25.7 Å². The molecule has 0 radical (unpaired) electrons. The minimum atomic E-state index is -3.88. The molecule has 3 rings (SSSR count). The van der Waals surface area contributed by atoms with Crippen molar-refractivity contribution in [2.75, 3.05) is 5.75 Å². The van der Waals surface area contributed by atoms with Gasteiger partial charge in [-0.05, 0) is 84.4 Å². The van der Waals surface area contributed by atoms with Crippen molar-refractivity contribution in [3.05, 3.63) is 47.5 Å². The maximum Gasteiger partial charge on any atom is 0.170 e. The number of nitriles is 1. The first-order valence-corrected chi connectivity index (χ1v) is 14.5. The molecule has 1 N–H and O–H groups in total. The van der Waals surface area contributed by atoms with Crippen molar-refractivity contribution in [3.63, 3.8) is 0 Å². The third kappa shape index (κ3) is 5.06. The average molecular weight is 515 g/mol. The van der Waals surface area contributed by atoms with Crippen LogP contribution in [-0.2, 0) is 26.4 Å². The van der Waals surface area contributed by atoms with Gasteiger partial charge in [0.1, 0.15) is 0 Å². The third-order valence-electron chi connectivity index (χ3n) is 5.78. The van der Waals surface area contributed by atoms with Crippen molar-refractivity contribution in [2.45, 2.75) is 63.5 Å². The second-order valence-corrected chi connectivity index (χ2v) is 15.7. The third-order valence-corrected chi connectivity index (χ3v) is 11.3. The highest BCUT2D eigenvalue weighted by Crippen LogP contribution is 2.38. The van der Waals surface area contributed by atoms with Gasteiger partial charge in [0.2, 0.25) is 0 Å². The molecule has 0 saturated heterocycles. The van der Waals surface area contributed by atoms with Gasteiger partial charge in [-0.25, -0.2) is 17.3 Å². The van der Waals surface area contributed by atoms with E-state index >= 15 is 0 Å². The largest absolute Gasteiger partial charge is 0.242 e. The molecule has 1 heterocycles. The summed E-state index contributed by atoms with van der Waals surface area (Å²) in [5.74, 6) is 5.64. The fraction of sp³-hybridized carbons (Fsp3) is 0.423. The minimum Gasteiger partial charge on any atom is -0.242 e. The Morgan fingerprint density at radius 2 is 1.59 bits per heavy atom. The second-order valence-electron chi connectivity index (χ2n) is 10.1. The lowest BCUT2D eigenvalue weighted by atomic mass is 9.93. The molecule has 0 unspecified atom stereocenters. The van der Waals surface area contributed by atoms with E-state index in [0.29, 0.717) is 5.56 Å². The molecule has 1 aromatic heterocycles. The zero-order valence-electron chi connectivity index (χ0n) is 20.6. The Bertz CT molecular complexity index is 1490. The van der Waals surface area contributed by atoms with Crippen molar-refractivity contribution in [1.82, 2.24) is 4.72 Å². The number of hydrogen-bond donors (Lipinski definition) is 1. The van der Waals surface area contributed by atoms with E-state index in [2.05, 4.69) is 16.6 Å². The molecular weight excluding hydrogens is 484 g/mol. The van der Waals surface area contributed by atoms with E-state index in [4.69, 9.17) is 0 Å². The van der Waals surface area contributed by atoms with Crippen molar-refractivity contribution in [3.8, 4) is 17.9 Å². The van der Waals surface area contributed by atoms with E-state index in [1.807, 2.05) is 63.2 Å². The zero-order chi connectivity index (χ0) is 25.5. The van der Waals surface area contributed by atoms with Crippen molar-refractivity contribution >= 4 is 52.3 Å². The maximum absolute atomic E-state index is 13.3. The van der Waals surface area contributed by atoms with Crippen LogP contribution in [0.25, 0.3) is 20.2 Å². The lowest BCUT2D eigenvalue weighted by molar-refractivity contribution is 0.473. The summed E-state index contributed by atoms with van der Waals surface area (Å²) in [6.07, 6.45) is 0. The van der Waals surface area contributed by atoms with Gasteiger partial charge in [-0.1, -0.05) is 12.0 Å². The summed E-state index contributed by atoms with van der Waals surface area (Å²) in [6.45, 7) is 11.8. The summed E-state index contributed by atoms with van der Waals surface area (Å²) in [6, 6.07) is 13.8. The van der Waals surface area contributed by atoms with Crippen LogP contribution in [-0.4, -0.2) is 27.9 Å². The first-order chi connectivity index (χ1) is 15.6. The van der Waals surface area contributed by atoms with Crippen molar-refractivity contribution in [1.29, 1.82) is 5.26 Å². The van der Waals surface area contributed by atoms with Gasteiger partial charge in [-0.15, -0.1) is 17.3 Å². The van der Waals surface area contributed by atoms with Crippen LogP contribution in [0.3, 0.4) is 0 Å². The van der Waals surface area contributed by atoms with Crippen LogP contribution in [0.5, 0.6) is 0 Å². The fourth-order valence-corrected chi connectivity index (χ4v) is 7.06. The number of hydrogen-bond acceptors (Lipinski definition) is 5. The minimum absolute atomic E-state index is 0.373. The molecule has 0 amide bonds. The molecule has 0 spiro atoms. The normalized spacial score (nSPS) is 15.4. The van der Waals surface area contributed by atoms with Crippen molar-refractivity contribution in [2.24, 2.45) is 0 Å². The number of rotatable bonds is 6. The van der Waals surface area contributed by atoms with Gasteiger partial charge in [-0.2, -0.15) is 5.26 Å². The van der Waals surface area contributed by atoms with Crippen LogP contribution in [0.15, 0.2) is 36.4 Å². The van der Waals surface area contributed by atoms with Crippen LogP contribution in [0.4, 0.5) is 0 Å². The smallest absolute Gasteiger partial charge is 0.170 e. The van der Waals surface area contributed by atoms with Gasteiger partial charge in [0.05, 0.1) is 33.1 Å². The summed E-state index contributed by atoms with van der Waals surface area (Å²) >= 11 is 1.66. The molecule has 8 heteroatoms. The van der Waals surface area contributed by atoms with Crippen LogP contribution < -0.4 is 4.72 Å². The molecule has 0 bridgehead atoms. The van der Waals surface area contributed by atoms with Crippen molar-refractivity contribution < 1.29 is 12.6 Å². The molecule has 2 aromatic carbocycles. The Hall–Kier alpha value is -2.23. The molecule has 3 aromatic rings. The van der Waals surface area contributed by atoms with Gasteiger partial charge >= 0.3 is 0 Å². The second kappa shape index (κ2) is 9.09. The molecule has 180 valence electrons. The molecule has 5 nitrogen and oxygen atoms in total. The highest BCUT2D eigenvalue weighted by Gasteiger charge is 2.43. The summed E-state index contributed by atoms with van der Waals surface area (Å²) in [4.78, 5) is 0. The van der Waals surface area contributed by atoms with Crippen LogP contribution in [0.2, 0.25) is 0 Å². The number of sulfone groups is 1. The number of fused-ring (bicyclic) bond motifs is 3. The van der Waals surface area contributed by atoms with Crippen LogP contribution >= 0.6 is 11.3 Å². The highest BCUT2D eigenvalue weighted by atomic mass is 32.2. The Kier molecular flexibility index (Phi) is 7.05. The molecule has 0 aliphatic heterocycles. The zero-order valence-corrected chi connectivity index (χ0v) is 23.0. The van der Waals surface area contributed by atoms with E-state index < -0.39 is 35.9 Å². The van der Waals surface area contributed by atoms with Gasteiger partial charge in [0.25, 0.3) is 0 Å². The summed E-state index contributed by atoms with van der Waals surface area (Å²) in [5.41, 5.74) is 0.420. The first-order valence-electron chi connectivity index (χ1n) is 10.9. The Morgan fingerprint density at radius 1 is 1.00 bits per heavy atom. The summed E-state index contributed by atoms with van der Waals surface area (Å²) in [5, 5.41) is 11.5. The predicted molar refractivity (Wildman–Crippen MR) is 144 cm³/mol. The topological polar surface area (TPSA) is 87.0 Å². The highest BCUT2D eigenvalue weighted by molar-refractivity contribution is 7.93. The average Bonchev–Trinajstić information content (AvgIpc) is 3.10. The quantitative estimate of drug-likeness (QED) is 0.446. The van der Waals surface area contributed by atoms with E-state index in [9.17, 15) is 17.9 Å². The van der Waals surface area contributed by atoms with E-state index in [-0.39, 0.29) is 5.75 Å². The molecule has 0 fully saturated rings. The Labute approximate surface area is 209 Å². The molecule has 0 saturated carbocycles. The Balaban J connectivity index is 2.23. The van der Waals surface area contributed by atoms with Crippen LogP contribution in [0.1, 0.15) is 59.6 Å². The molecule has 0 aliphatic carbocycles. The monoisotopic (exact) mass is 514 g/mol. The van der Waals surface area contributed by atoms with Gasteiger partial charge < -0.3 is 0 Å². The number of nitrogens with one attached hydrogen (secondary N) is 1. The molecule has 34 heavy (non-hydrogen) atoms. The number of benzene rings is 2. The number of nitrogens with zero attached hydrogens (tertiary/aromatic N) is 1. The van der Waals surface area contributed by atoms with Crippen LogP contribution in [0, 0.1) is 23.2 Å². The first kappa shape index (κ1) is 26.4. The molecule has 2 atom stereocenters. The van der Waals surface area contributed by atoms with E-state index in [1.165, 1.54) is 13.8 Å². The maximum atomic E-state index is 13.3. The van der Waals surface area contributed by atoms with Gasteiger partial charge in [-0.3, -0.25) is 0 Å². The fourth-order valence-electron chi connectivity index (χ4n) is 3.50. The Morgan fingerprint density at radius 3 is 2.15 bits per heavy atom. The SMILES string of the molecule is CC#Cc1ccc2sc3ccc([C@](C)(CS(=O)(=O)C(C)(C)C#N)N[S@](=O)C(C)(C)C)cc3c2c1. The summed E-state index contributed by atoms with van der Waals surface area (Å²) < 4.78 is 42.8.